The van der Waals surface area contributed by atoms with Crippen LogP contribution in [0.25, 0.3) is 10.2 Å². The fourth-order valence-electron chi connectivity index (χ4n) is 4.00. The SMILES string of the molecule is Cc1ccc2nc(N(CCCn3ccnc3)C(=O)c3ccc(Cc4ccccc4)cc3)sc2c1. The molecule has 0 atom stereocenters. The Morgan fingerprint density at radius 3 is 2.56 bits per heavy atom. The Hall–Kier alpha value is -3.77. The van der Waals surface area contributed by atoms with Crippen LogP contribution in [0.15, 0.2) is 91.5 Å². The molecule has 0 saturated carbocycles. The summed E-state index contributed by atoms with van der Waals surface area (Å²) < 4.78 is 3.13. The minimum absolute atomic E-state index is 0.0207. The summed E-state index contributed by atoms with van der Waals surface area (Å²) in [6.45, 7) is 3.45. The van der Waals surface area contributed by atoms with E-state index in [1.807, 2.05) is 64.2 Å². The Morgan fingerprint density at radius 2 is 1.79 bits per heavy atom. The van der Waals surface area contributed by atoms with Crippen LogP contribution in [0, 0.1) is 6.92 Å². The van der Waals surface area contributed by atoms with Gasteiger partial charge in [0.15, 0.2) is 5.13 Å². The summed E-state index contributed by atoms with van der Waals surface area (Å²) in [5.74, 6) is -0.0207. The first-order valence-electron chi connectivity index (χ1n) is 11.4. The third kappa shape index (κ3) is 5.07. The predicted octanol–water partition coefficient (Wildman–Crippen LogP) is 6.13. The molecule has 0 N–H and O–H groups in total. The number of aryl methyl sites for hydroxylation is 2. The summed E-state index contributed by atoms with van der Waals surface area (Å²) in [6, 6.07) is 24.5. The normalized spacial score (nSPS) is 11.1. The van der Waals surface area contributed by atoms with Gasteiger partial charge in [0.2, 0.25) is 0 Å². The highest BCUT2D eigenvalue weighted by Crippen LogP contribution is 2.30. The van der Waals surface area contributed by atoms with Crippen LogP contribution >= 0.6 is 11.3 Å². The first-order chi connectivity index (χ1) is 16.7. The van der Waals surface area contributed by atoms with E-state index in [-0.39, 0.29) is 5.91 Å². The molecule has 0 aliphatic carbocycles. The van der Waals surface area contributed by atoms with Crippen LogP contribution in [0.1, 0.15) is 33.5 Å². The lowest BCUT2D eigenvalue weighted by atomic mass is 10.0. The van der Waals surface area contributed by atoms with E-state index in [9.17, 15) is 4.79 Å². The second-order valence-corrected chi connectivity index (χ2v) is 9.45. The molecule has 1 amide bonds. The molecule has 0 aliphatic heterocycles. The highest BCUT2D eigenvalue weighted by atomic mass is 32.1. The maximum Gasteiger partial charge on any atom is 0.260 e. The Morgan fingerprint density at radius 1 is 1.00 bits per heavy atom. The van der Waals surface area contributed by atoms with E-state index in [0.717, 1.165) is 34.7 Å². The predicted molar refractivity (Wildman–Crippen MR) is 139 cm³/mol. The molecular formula is C28H26N4OS. The van der Waals surface area contributed by atoms with Gasteiger partial charge in [0.1, 0.15) is 0 Å². The molecule has 0 unspecified atom stereocenters. The number of carbonyl (C=O) groups is 1. The average molecular weight is 467 g/mol. The van der Waals surface area contributed by atoms with Gasteiger partial charge in [0.05, 0.1) is 16.5 Å². The van der Waals surface area contributed by atoms with Gasteiger partial charge in [0.25, 0.3) is 5.91 Å². The summed E-state index contributed by atoms with van der Waals surface area (Å²) in [4.78, 5) is 24.3. The number of fused-ring (bicyclic) bond motifs is 1. The Labute approximate surface area is 203 Å². The molecule has 0 spiro atoms. The van der Waals surface area contributed by atoms with Crippen LogP contribution in [-0.2, 0) is 13.0 Å². The number of imidazole rings is 1. The molecule has 0 saturated heterocycles. The summed E-state index contributed by atoms with van der Waals surface area (Å²) in [6.07, 6.45) is 7.18. The third-order valence-corrected chi connectivity index (χ3v) is 6.86. The van der Waals surface area contributed by atoms with Crippen LogP contribution in [0.3, 0.4) is 0 Å². The number of nitrogens with zero attached hydrogens (tertiary/aromatic N) is 4. The van der Waals surface area contributed by atoms with Crippen molar-refractivity contribution in [1.82, 2.24) is 14.5 Å². The maximum absolute atomic E-state index is 13.6. The van der Waals surface area contributed by atoms with E-state index >= 15 is 0 Å². The molecule has 5 aromatic rings. The van der Waals surface area contributed by atoms with Gasteiger partial charge in [-0.15, -0.1) is 0 Å². The molecule has 3 aromatic carbocycles. The van der Waals surface area contributed by atoms with Gasteiger partial charge in [-0.25, -0.2) is 9.97 Å². The van der Waals surface area contributed by atoms with Crippen LogP contribution in [0.2, 0.25) is 0 Å². The number of amides is 1. The lowest BCUT2D eigenvalue weighted by Gasteiger charge is -2.20. The molecule has 0 bridgehead atoms. The van der Waals surface area contributed by atoms with Crippen molar-refractivity contribution in [2.45, 2.75) is 26.3 Å². The lowest BCUT2D eigenvalue weighted by Crippen LogP contribution is -2.32. The summed E-state index contributed by atoms with van der Waals surface area (Å²) in [7, 11) is 0. The Balaban J connectivity index is 1.38. The second kappa shape index (κ2) is 10.0. The van der Waals surface area contributed by atoms with Crippen LogP contribution < -0.4 is 4.90 Å². The van der Waals surface area contributed by atoms with Crippen molar-refractivity contribution in [3.05, 3.63) is 114 Å². The number of hydrogen-bond acceptors (Lipinski definition) is 4. The zero-order valence-electron chi connectivity index (χ0n) is 19.1. The van der Waals surface area contributed by atoms with Crippen LogP contribution in [0.4, 0.5) is 5.13 Å². The van der Waals surface area contributed by atoms with Crippen molar-refractivity contribution < 1.29 is 4.79 Å². The Kier molecular flexibility index (Phi) is 6.49. The van der Waals surface area contributed by atoms with Gasteiger partial charge in [-0.05, 0) is 60.7 Å². The molecule has 5 rings (SSSR count). The third-order valence-electron chi connectivity index (χ3n) is 5.82. The van der Waals surface area contributed by atoms with Crippen LogP contribution in [0.5, 0.6) is 0 Å². The molecule has 0 radical (unpaired) electrons. The largest absolute Gasteiger partial charge is 0.337 e. The molecule has 2 heterocycles. The maximum atomic E-state index is 13.6. The van der Waals surface area contributed by atoms with E-state index in [4.69, 9.17) is 4.98 Å². The summed E-state index contributed by atoms with van der Waals surface area (Å²) in [5, 5.41) is 0.740. The highest BCUT2D eigenvalue weighted by Gasteiger charge is 2.21. The van der Waals surface area contributed by atoms with Crippen molar-refractivity contribution in [1.29, 1.82) is 0 Å². The van der Waals surface area contributed by atoms with E-state index in [2.05, 4.69) is 36.2 Å². The monoisotopic (exact) mass is 466 g/mol. The van der Waals surface area contributed by atoms with Gasteiger partial charge >= 0.3 is 0 Å². The second-order valence-electron chi connectivity index (χ2n) is 8.44. The van der Waals surface area contributed by atoms with Crippen molar-refractivity contribution in [3.8, 4) is 0 Å². The number of hydrogen-bond donors (Lipinski definition) is 0. The van der Waals surface area contributed by atoms with E-state index < -0.39 is 0 Å². The first kappa shape index (κ1) is 22.0. The van der Waals surface area contributed by atoms with Gasteiger partial charge < -0.3 is 4.57 Å². The van der Waals surface area contributed by atoms with E-state index in [1.54, 1.807) is 23.9 Å². The van der Waals surface area contributed by atoms with Gasteiger partial charge in [-0.1, -0.05) is 59.9 Å². The average Bonchev–Trinajstić information content (AvgIpc) is 3.52. The van der Waals surface area contributed by atoms with Gasteiger partial charge in [0, 0.05) is 31.0 Å². The van der Waals surface area contributed by atoms with Gasteiger partial charge in [-0.3, -0.25) is 9.69 Å². The Bertz CT molecular complexity index is 1380. The fourth-order valence-corrected chi connectivity index (χ4v) is 5.09. The van der Waals surface area contributed by atoms with E-state index in [1.165, 1.54) is 16.7 Å². The van der Waals surface area contributed by atoms with Crippen molar-refractivity contribution in [3.63, 3.8) is 0 Å². The summed E-state index contributed by atoms with van der Waals surface area (Å²) >= 11 is 1.57. The quantitative estimate of drug-likeness (QED) is 0.276. The minimum atomic E-state index is -0.0207. The minimum Gasteiger partial charge on any atom is -0.337 e. The zero-order chi connectivity index (χ0) is 23.3. The molecule has 2 aromatic heterocycles. The number of benzene rings is 3. The number of aromatic nitrogens is 3. The molecule has 170 valence electrons. The molecule has 6 heteroatoms. The topological polar surface area (TPSA) is 51.0 Å². The van der Waals surface area contributed by atoms with Crippen molar-refractivity contribution in [2.24, 2.45) is 0 Å². The molecule has 0 fully saturated rings. The molecule has 5 nitrogen and oxygen atoms in total. The molecule has 0 aliphatic rings. The number of thiazole rings is 1. The summed E-state index contributed by atoms with van der Waals surface area (Å²) in [5.41, 5.74) is 5.23. The smallest absolute Gasteiger partial charge is 0.260 e. The van der Waals surface area contributed by atoms with E-state index in [0.29, 0.717) is 12.1 Å². The number of rotatable bonds is 8. The van der Waals surface area contributed by atoms with Crippen LogP contribution in [-0.4, -0.2) is 27.0 Å². The number of anilines is 1. The zero-order valence-corrected chi connectivity index (χ0v) is 19.9. The first-order valence-corrected chi connectivity index (χ1v) is 12.2. The highest BCUT2D eigenvalue weighted by molar-refractivity contribution is 7.22. The number of carbonyl (C=O) groups excluding carboxylic acids is 1. The van der Waals surface area contributed by atoms with Gasteiger partial charge in [-0.2, -0.15) is 0 Å². The standard InChI is InChI=1S/C28H26N4OS/c1-21-8-13-25-26(18-21)34-28(30-25)32(16-5-15-31-17-14-29-20-31)27(33)24-11-9-23(10-12-24)19-22-6-3-2-4-7-22/h2-4,6-14,17-18,20H,5,15-16,19H2,1H3. The lowest BCUT2D eigenvalue weighted by molar-refractivity contribution is 0.0986. The van der Waals surface area contributed by atoms with Crippen molar-refractivity contribution in [2.75, 3.05) is 11.4 Å². The van der Waals surface area contributed by atoms with Crippen molar-refractivity contribution >= 4 is 32.6 Å². The molecule has 34 heavy (non-hydrogen) atoms. The molecular weight excluding hydrogens is 440 g/mol. The fraction of sp³-hybridized carbons (Fsp3) is 0.179.